The number of carboxylic acids is 3. The van der Waals surface area contributed by atoms with Crippen molar-refractivity contribution < 1.29 is 126 Å². The molecule has 0 heterocycles. The molecule has 0 spiro atoms. The van der Waals surface area contributed by atoms with Crippen LogP contribution in [0.25, 0.3) is 0 Å². The number of rotatable bonds is 0. The molecule has 0 aromatic rings. The van der Waals surface area contributed by atoms with Crippen LogP contribution in [0, 0.1) is 39.9 Å². The van der Waals surface area contributed by atoms with Crippen molar-refractivity contribution in [3.8, 4) is 0 Å². The molecule has 0 aliphatic carbocycles. The van der Waals surface area contributed by atoms with Crippen LogP contribution in [0.5, 0.6) is 0 Å². The van der Waals surface area contributed by atoms with Crippen LogP contribution in [0.15, 0.2) is 0 Å². The van der Waals surface area contributed by atoms with Gasteiger partial charge in [-0.1, -0.05) is 0 Å². The van der Waals surface area contributed by atoms with E-state index in [1.165, 1.54) is 0 Å². The normalized spacial score (nSPS) is 9.48. The summed E-state index contributed by atoms with van der Waals surface area (Å²) < 4.78 is 94.6. The molecule has 0 aromatic carbocycles. The molecule has 0 aliphatic rings. The van der Waals surface area contributed by atoms with Gasteiger partial charge in [0.15, 0.2) is 0 Å². The number of alkyl halides is 9. The number of carboxylic acid groups (broad SMARTS) is 3. The minimum absolute atomic E-state index is 0. The average molecular weight is 550 g/mol. The third-order valence-electron chi connectivity index (χ3n) is 0.694. The number of hydrogen-bond donors (Lipinski definition) is 0. The van der Waals surface area contributed by atoms with Gasteiger partial charge in [-0.25, -0.2) is 0 Å². The summed E-state index contributed by atoms with van der Waals surface area (Å²) in [6, 6.07) is 0. The second kappa shape index (κ2) is 16.5. The molecule has 25 heavy (non-hydrogen) atoms. The van der Waals surface area contributed by atoms with Crippen LogP contribution < -0.4 is 15.3 Å². The number of aliphatic carboxylic acids is 3. The van der Waals surface area contributed by atoms with Crippen molar-refractivity contribution in [2.24, 2.45) is 0 Å². The molecule has 6 N–H and O–H groups in total. The molecule has 0 aliphatic heterocycles. The Kier molecular flexibility index (Phi) is 28.9. The monoisotopic (exact) mass is 551 g/mol. The van der Waals surface area contributed by atoms with Gasteiger partial charge in [-0.15, -0.1) is 0 Å². The first-order chi connectivity index (χ1) is 8.83. The van der Waals surface area contributed by atoms with E-state index in [4.69, 9.17) is 29.7 Å². The van der Waals surface area contributed by atoms with Gasteiger partial charge in [-0.2, -0.15) is 39.5 Å². The van der Waals surface area contributed by atoms with Crippen molar-refractivity contribution in [2.45, 2.75) is 18.5 Å². The Morgan fingerprint density at radius 3 is 0.520 bits per heavy atom. The SMILES string of the molecule is O.O.O.O=C([O-])C(F)(F)F.O=C([O-])C(F)(F)F.O=C([O-])C(F)(F)F.[Gd+3]. The summed E-state index contributed by atoms with van der Waals surface area (Å²) in [5, 5.41) is 26.4. The molecule has 9 nitrogen and oxygen atoms in total. The molecule has 0 bridgehead atoms. The van der Waals surface area contributed by atoms with Gasteiger partial charge in [-0.3, -0.25) is 0 Å². The van der Waals surface area contributed by atoms with Crippen LogP contribution in [0.1, 0.15) is 0 Å². The molecule has 1 radical (unpaired) electrons. The average Bonchev–Trinajstić information content (AvgIpc) is 2.14. The molecular weight excluding hydrogens is 544 g/mol. The molecule has 155 valence electrons. The zero-order valence-corrected chi connectivity index (χ0v) is 13.0. The molecule has 0 saturated carbocycles. The predicted octanol–water partition coefficient (Wildman–Crippen LogP) is -4.58. The number of carbonyl (C=O) groups excluding carboxylic acids is 3. The second-order valence-corrected chi connectivity index (χ2v) is 2.36. The summed E-state index contributed by atoms with van der Waals surface area (Å²) >= 11 is 0. The molecule has 0 atom stereocenters. The van der Waals surface area contributed by atoms with Crippen LogP contribution in [-0.4, -0.2) is 52.9 Å². The van der Waals surface area contributed by atoms with Crippen LogP contribution in [0.3, 0.4) is 0 Å². The summed E-state index contributed by atoms with van der Waals surface area (Å²) in [4.78, 5) is 26.4. The molecular formula is C6H6F9GdO9. The van der Waals surface area contributed by atoms with Gasteiger partial charge in [0.2, 0.25) is 0 Å². The molecule has 0 rings (SSSR count). The molecule has 0 amide bonds. The Morgan fingerprint density at radius 2 is 0.520 bits per heavy atom. The van der Waals surface area contributed by atoms with E-state index in [2.05, 4.69) is 0 Å². The van der Waals surface area contributed by atoms with Gasteiger partial charge in [0.05, 0.1) is 0 Å². The third kappa shape index (κ3) is 35.1. The number of hydrogen-bond acceptors (Lipinski definition) is 6. The summed E-state index contributed by atoms with van der Waals surface area (Å²) in [7, 11) is 0. The van der Waals surface area contributed by atoms with Gasteiger partial charge in [0.25, 0.3) is 0 Å². The Labute approximate surface area is 162 Å². The van der Waals surface area contributed by atoms with E-state index < -0.39 is 36.4 Å². The Balaban J connectivity index is -0.0000000360. The molecule has 19 heteroatoms. The summed E-state index contributed by atoms with van der Waals surface area (Å²) in [6.07, 6.45) is -15.6. The first-order valence-electron chi connectivity index (χ1n) is 3.68. The Bertz CT molecular complexity index is 318. The molecule has 0 unspecified atom stereocenters. The van der Waals surface area contributed by atoms with Crippen molar-refractivity contribution in [1.82, 2.24) is 0 Å². The number of halogens is 9. The van der Waals surface area contributed by atoms with Crippen molar-refractivity contribution >= 4 is 17.9 Å². The quantitative estimate of drug-likeness (QED) is 0.270. The Hall–Kier alpha value is -1.02. The van der Waals surface area contributed by atoms with E-state index in [1.807, 2.05) is 0 Å². The second-order valence-electron chi connectivity index (χ2n) is 2.36. The summed E-state index contributed by atoms with van der Waals surface area (Å²) in [6.45, 7) is 0. The first-order valence-corrected chi connectivity index (χ1v) is 3.68. The van der Waals surface area contributed by atoms with Gasteiger partial charge in [-0.05, 0) is 0 Å². The summed E-state index contributed by atoms with van der Waals surface area (Å²) in [5.41, 5.74) is 0. The van der Waals surface area contributed by atoms with Crippen LogP contribution in [0.4, 0.5) is 39.5 Å². The van der Waals surface area contributed by atoms with Gasteiger partial charge in [0, 0.05) is 0 Å². The van der Waals surface area contributed by atoms with E-state index in [1.54, 1.807) is 0 Å². The maximum atomic E-state index is 10.5. The zero-order valence-electron chi connectivity index (χ0n) is 10.7. The van der Waals surface area contributed by atoms with E-state index >= 15 is 0 Å². The minimum atomic E-state index is -5.19. The van der Waals surface area contributed by atoms with Crippen molar-refractivity contribution in [1.29, 1.82) is 0 Å². The molecule has 0 saturated heterocycles. The number of carbonyl (C=O) groups is 3. The topological polar surface area (TPSA) is 215 Å². The maximum absolute atomic E-state index is 10.5. The standard InChI is InChI=1S/3C2HF3O2.Gd.3H2O/c3*3-2(4,5)1(6)7;;;;/h3*(H,6,7);;3*1H2/q;;;+3;;;/p-3. The third-order valence-corrected chi connectivity index (χ3v) is 0.694. The first kappa shape index (κ1) is 43.9. The largest absolute Gasteiger partial charge is 3.00 e. The molecule has 0 fully saturated rings. The Morgan fingerprint density at radius 1 is 0.480 bits per heavy atom. The maximum Gasteiger partial charge on any atom is 3.00 e. The van der Waals surface area contributed by atoms with E-state index in [0.29, 0.717) is 0 Å². The van der Waals surface area contributed by atoms with Crippen LogP contribution in [-0.2, 0) is 14.4 Å². The fourth-order valence-electron chi connectivity index (χ4n) is 0. The fourth-order valence-corrected chi connectivity index (χ4v) is 0. The minimum Gasteiger partial charge on any atom is -0.542 e. The van der Waals surface area contributed by atoms with Crippen molar-refractivity contribution in [3.63, 3.8) is 0 Å². The van der Waals surface area contributed by atoms with Crippen LogP contribution in [0.2, 0.25) is 0 Å². The smallest absolute Gasteiger partial charge is 0.542 e. The fraction of sp³-hybridized carbons (Fsp3) is 0.500. The zero-order chi connectivity index (χ0) is 18.2. The molecule has 0 aromatic heterocycles. The van der Waals surface area contributed by atoms with Crippen LogP contribution >= 0.6 is 0 Å². The van der Waals surface area contributed by atoms with Crippen molar-refractivity contribution in [3.05, 3.63) is 0 Å². The summed E-state index contributed by atoms with van der Waals surface area (Å²) in [5.74, 6) is -9.02. The van der Waals surface area contributed by atoms with E-state index in [-0.39, 0.29) is 56.4 Å². The van der Waals surface area contributed by atoms with Crippen molar-refractivity contribution in [2.75, 3.05) is 0 Å². The van der Waals surface area contributed by atoms with Gasteiger partial charge >= 0.3 is 58.5 Å². The van der Waals surface area contributed by atoms with E-state index in [9.17, 15) is 39.5 Å². The predicted molar refractivity (Wildman–Crippen MR) is 44.0 cm³/mol. The van der Waals surface area contributed by atoms with Gasteiger partial charge in [0.1, 0.15) is 17.9 Å². The van der Waals surface area contributed by atoms with E-state index in [0.717, 1.165) is 0 Å². The van der Waals surface area contributed by atoms with Gasteiger partial charge < -0.3 is 46.1 Å².